The van der Waals surface area contributed by atoms with Crippen LogP contribution in [-0.4, -0.2) is 16.0 Å². The number of halogens is 1. The molecule has 0 bridgehead atoms. The average Bonchev–Trinajstić information content (AvgIpc) is 2.41. The monoisotopic (exact) mass is 274 g/mol. The third-order valence-electron chi connectivity index (χ3n) is 2.34. The number of nitrogens with one attached hydrogen (secondary N) is 1. The lowest BCUT2D eigenvalue weighted by Gasteiger charge is -2.02. The summed E-state index contributed by atoms with van der Waals surface area (Å²) >= 11 is 5.83. The first-order valence-electron chi connectivity index (χ1n) is 5.54. The maximum Gasteiger partial charge on any atom is 0.248 e. The maximum atomic E-state index is 11.7. The minimum atomic E-state index is -0.303. The van der Waals surface area contributed by atoms with E-state index in [0.29, 0.717) is 5.69 Å². The van der Waals surface area contributed by atoms with Gasteiger partial charge in [-0.2, -0.15) is 0 Å². The number of pyridine rings is 1. The summed E-state index contributed by atoms with van der Waals surface area (Å²) in [4.78, 5) is 15.5. The second-order valence-electron chi connectivity index (χ2n) is 3.76. The Bertz CT molecular complexity index is 609. The molecule has 5 heteroatoms. The number of rotatable bonds is 3. The van der Waals surface area contributed by atoms with Crippen molar-refractivity contribution < 1.29 is 9.90 Å². The van der Waals surface area contributed by atoms with E-state index in [0.717, 1.165) is 5.56 Å². The van der Waals surface area contributed by atoms with E-state index in [4.69, 9.17) is 16.7 Å². The predicted octanol–water partition coefficient (Wildman–Crippen LogP) is 3.09. The van der Waals surface area contributed by atoms with Crippen LogP contribution in [0.1, 0.15) is 5.56 Å². The second-order valence-corrected chi connectivity index (χ2v) is 4.11. The number of carbonyl (C=O) groups excluding carboxylic acids is 1. The Balaban J connectivity index is 2.02. The van der Waals surface area contributed by atoms with Crippen LogP contribution < -0.4 is 5.32 Å². The van der Waals surface area contributed by atoms with Gasteiger partial charge >= 0.3 is 0 Å². The number of hydrogen-bond donors (Lipinski definition) is 2. The zero-order chi connectivity index (χ0) is 13.7. The first kappa shape index (κ1) is 13.1. The van der Waals surface area contributed by atoms with Crippen molar-refractivity contribution in [3.8, 4) is 5.75 Å². The summed E-state index contributed by atoms with van der Waals surface area (Å²) in [6.07, 6.45) is 4.57. The molecule has 1 amide bonds. The van der Waals surface area contributed by atoms with Crippen LogP contribution in [0.5, 0.6) is 5.75 Å². The molecule has 0 spiro atoms. The van der Waals surface area contributed by atoms with Gasteiger partial charge < -0.3 is 10.4 Å². The lowest BCUT2D eigenvalue weighted by Crippen LogP contribution is -2.08. The van der Waals surface area contributed by atoms with E-state index in [9.17, 15) is 4.79 Å². The fraction of sp³-hybridized carbons (Fsp3) is 0. The summed E-state index contributed by atoms with van der Waals surface area (Å²) in [6.45, 7) is 0. The van der Waals surface area contributed by atoms with Crippen molar-refractivity contribution in [2.75, 3.05) is 5.32 Å². The van der Waals surface area contributed by atoms with Crippen molar-refractivity contribution in [1.82, 2.24) is 4.98 Å². The van der Waals surface area contributed by atoms with Gasteiger partial charge in [0.05, 0.1) is 5.69 Å². The molecule has 0 aliphatic carbocycles. The summed E-state index contributed by atoms with van der Waals surface area (Å²) < 4.78 is 0. The van der Waals surface area contributed by atoms with Crippen LogP contribution in [0.3, 0.4) is 0 Å². The van der Waals surface area contributed by atoms with Gasteiger partial charge in [-0.15, -0.1) is 0 Å². The quantitative estimate of drug-likeness (QED) is 0.668. The number of aromatic hydroxyl groups is 1. The largest absolute Gasteiger partial charge is 0.508 e. The topological polar surface area (TPSA) is 62.2 Å². The molecular formula is C14H11ClN2O2. The predicted molar refractivity (Wildman–Crippen MR) is 75.0 cm³/mol. The lowest BCUT2D eigenvalue weighted by atomic mass is 10.2. The Kier molecular flexibility index (Phi) is 4.15. The second kappa shape index (κ2) is 6.02. The molecule has 2 rings (SSSR count). The van der Waals surface area contributed by atoms with Crippen LogP contribution in [0.4, 0.5) is 5.69 Å². The minimum Gasteiger partial charge on any atom is -0.508 e. The molecule has 0 radical (unpaired) electrons. The van der Waals surface area contributed by atoms with Crippen molar-refractivity contribution in [2.24, 2.45) is 0 Å². The molecule has 4 nitrogen and oxygen atoms in total. The number of hydrogen-bond acceptors (Lipinski definition) is 3. The molecule has 2 N–H and O–H groups in total. The molecule has 0 unspecified atom stereocenters. The van der Waals surface area contributed by atoms with Gasteiger partial charge in [0.1, 0.15) is 5.75 Å². The third kappa shape index (κ3) is 3.82. The Morgan fingerprint density at radius 1 is 1.26 bits per heavy atom. The molecule has 0 atom stereocenters. The molecule has 0 saturated carbocycles. The highest BCUT2D eigenvalue weighted by molar-refractivity contribution is 6.32. The van der Waals surface area contributed by atoms with Gasteiger partial charge in [0.25, 0.3) is 0 Å². The van der Waals surface area contributed by atoms with Crippen LogP contribution in [-0.2, 0) is 4.79 Å². The molecule has 1 aromatic carbocycles. The first-order chi connectivity index (χ1) is 9.15. The number of benzene rings is 1. The van der Waals surface area contributed by atoms with Crippen LogP contribution in [0.15, 0.2) is 48.7 Å². The number of aromatic nitrogens is 1. The molecular weight excluding hydrogens is 264 g/mol. The van der Waals surface area contributed by atoms with Crippen LogP contribution >= 0.6 is 11.6 Å². The Labute approximate surface area is 115 Å². The Morgan fingerprint density at radius 3 is 2.68 bits per heavy atom. The normalized spacial score (nSPS) is 10.6. The van der Waals surface area contributed by atoms with Crippen molar-refractivity contribution >= 4 is 29.3 Å². The summed E-state index contributed by atoms with van der Waals surface area (Å²) in [5, 5.41) is 12.0. The highest BCUT2D eigenvalue weighted by Crippen LogP contribution is 2.17. The molecule has 0 fully saturated rings. The van der Waals surface area contributed by atoms with Crippen molar-refractivity contribution in [2.45, 2.75) is 0 Å². The molecule has 0 saturated heterocycles. The van der Waals surface area contributed by atoms with Crippen LogP contribution in [0.2, 0.25) is 5.15 Å². The molecule has 19 heavy (non-hydrogen) atoms. The van der Waals surface area contributed by atoms with E-state index in [2.05, 4.69) is 10.3 Å². The minimum absolute atomic E-state index is 0.184. The van der Waals surface area contributed by atoms with Gasteiger partial charge in [-0.1, -0.05) is 23.7 Å². The number of phenols is 1. The average molecular weight is 275 g/mol. The van der Waals surface area contributed by atoms with Gasteiger partial charge in [0.2, 0.25) is 5.91 Å². The lowest BCUT2D eigenvalue weighted by molar-refractivity contribution is -0.111. The SMILES string of the molecule is O=C(/C=C/c1ccc(O)cc1)Nc1cccnc1Cl. The highest BCUT2D eigenvalue weighted by Gasteiger charge is 2.02. The van der Waals surface area contributed by atoms with E-state index >= 15 is 0 Å². The molecule has 0 aliphatic heterocycles. The van der Waals surface area contributed by atoms with Gasteiger partial charge in [0.15, 0.2) is 5.15 Å². The van der Waals surface area contributed by atoms with E-state index in [1.54, 1.807) is 48.7 Å². The first-order valence-corrected chi connectivity index (χ1v) is 5.91. The van der Waals surface area contributed by atoms with E-state index in [1.807, 2.05) is 0 Å². The van der Waals surface area contributed by atoms with Crippen molar-refractivity contribution in [3.63, 3.8) is 0 Å². The van der Waals surface area contributed by atoms with E-state index in [1.165, 1.54) is 6.08 Å². The van der Waals surface area contributed by atoms with Crippen molar-refractivity contribution in [3.05, 3.63) is 59.4 Å². The van der Waals surface area contributed by atoms with Gasteiger partial charge in [0, 0.05) is 12.3 Å². The smallest absolute Gasteiger partial charge is 0.248 e. The fourth-order valence-corrected chi connectivity index (χ4v) is 1.58. The summed E-state index contributed by atoms with van der Waals surface area (Å²) in [5.41, 5.74) is 1.27. The zero-order valence-electron chi connectivity index (χ0n) is 9.88. The molecule has 0 aliphatic rings. The number of nitrogens with zero attached hydrogens (tertiary/aromatic N) is 1. The van der Waals surface area contributed by atoms with E-state index < -0.39 is 0 Å². The maximum absolute atomic E-state index is 11.7. The summed E-state index contributed by atoms with van der Waals surface area (Å²) in [6, 6.07) is 9.87. The zero-order valence-corrected chi connectivity index (χ0v) is 10.6. The number of anilines is 1. The summed E-state index contributed by atoms with van der Waals surface area (Å²) in [5.74, 6) is -0.119. The standard InChI is InChI=1S/C14H11ClN2O2/c15-14-12(2-1-9-16-14)17-13(19)8-5-10-3-6-11(18)7-4-10/h1-9,18H,(H,17,19)/b8-5+. The van der Waals surface area contributed by atoms with Gasteiger partial charge in [-0.25, -0.2) is 4.98 Å². The Hall–Kier alpha value is -2.33. The number of amides is 1. The molecule has 1 heterocycles. The molecule has 96 valence electrons. The van der Waals surface area contributed by atoms with Crippen LogP contribution in [0.25, 0.3) is 6.08 Å². The number of phenolic OH excluding ortho intramolecular Hbond substituents is 1. The Morgan fingerprint density at radius 2 is 2.00 bits per heavy atom. The number of carbonyl (C=O) groups is 1. The van der Waals surface area contributed by atoms with Crippen molar-refractivity contribution in [1.29, 1.82) is 0 Å². The van der Waals surface area contributed by atoms with Gasteiger partial charge in [-0.05, 0) is 35.9 Å². The van der Waals surface area contributed by atoms with Gasteiger partial charge in [-0.3, -0.25) is 4.79 Å². The fourth-order valence-electron chi connectivity index (χ4n) is 1.41. The molecule has 1 aromatic heterocycles. The van der Waals surface area contributed by atoms with E-state index in [-0.39, 0.29) is 16.8 Å². The van der Waals surface area contributed by atoms with Crippen LogP contribution in [0, 0.1) is 0 Å². The summed E-state index contributed by atoms with van der Waals surface area (Å²) in [7, 11) is 0. The third-order valence-corrected chi connectivity index (χ3v) is 2.64. The highest BCUT2D eigenvalue weighted by atomic mass is 35.5. The molecule has 2 aromatic rings.